The maximum Gasteiger partial charge on any atom is 0.219 e. The monoisotopic (exact) mass is 383 g/mol. The highest BCUT2D eigenvalue weighted by atomic mass is 79.9. The molecule has 1 heterocycles. The quantitative estimate of drug-likeness (QED) is 0.635. The van der Waals surface area contributed by atoms with Gasteiger partial charge in [0, 0.05) is 22.1 Å². The second-order valence-electron chi connectivity index (χ2n) is 4.58. The lowest BCUT2D eigenvalue weighted by Gasteiger charge is -2.13. The summed E-state index contributed by atoms with van der Waals surface area (Å²) in [6.07, 6.45) is 1.82. The first-order chi connectivity index (χ1) is 9.10. The third kappa shape index (κ3) is 3.80. The molecular formula is C15H15Br2NO. The number of ether oxygens (including phenoxy) is 1. The number of rotatable bonds is 4. The van der Waals surface area contributed by atoms with Crippen molar-refractivity contribution in [1.29, 1.82) is 0 Å². The van der Waals surface area contributed by atoms with Crippen molar-refractivity contribution < 1.29 is 4.74 Å². The highest BCUT2D eigenvalue weighted by Crippen LogP contribution is 2.32. The highest BCUT2D eigenvalue weighted by molar-refractivity contribution is 9.10. The van der Waals surface area contributed by atoms with Crippen LogP contribution in [0.15, 0.2) is 41.0 Å². The van der Waals surface area contributed by atoms with Gasteiger partial charge in [-0.25, -0.2) is 4.98 Å². The van der Waals surface area contributed by atoms with Crippen LogP contribution in [0.1, 0.15) is 30.9 Å². The first-order valence-electron chi connectivity index (χ1n) is 6.08. The predicted octanol–water partition coefficient (Wildman–Crippen LogP) is 5.65. The van der Waals surface area contributed by atoms with Crippen molar-refractivity contribution in [3.8, 4) is 11.6 Å². The van der Waals surface area contributed by atoms with Crippen molar-refractivity contribution in [2.45, 2.75) is 25.1 Å². The number of pyridine rings is 1. The summed E-state index contributed by atoms with van der Waals surface area (Å²) in [5.74, 6) is 1.88. The fourth-order valence-corrected chi connectivity index (χ4v) is 2.44. The molecule has 4 heteroatoms. The first-order valence-corrected chi connectivity index (χ1v) is 8.00. The average Bonchev–Trinajstić information content (AvgIpc) is 2.41. The molecule has 0 radical (unpaired) electrons. The van der Waals surface area contributed by atoms with Gasteiger partial charge in [0.15, 0.2) is 0 Å². The van der Waals surface area contributed by atoms with Gasteiger partial charge in [-0.15, -0.1) is 0 Å². The summed E-state index contributed by atoms with van der Waals surface area (Å²) < 4.78 is 6.94. The minimum atomic E-state index is 0.398. The number of nitrogens with zero attached hydrogens (tertiary/aromatic N) is 1. The Balaban J connectivity index is 2.26. The molecule has 1 aromatic heterocycles. The summed E-state index contributed by atoms with van der Waals surface area (Å²) in [5.41, 5.74) is 2.30. The fourth-order valence-electron chi connectivity index (χ4n) is 1.73. The number of halogens is 2. The summed E-state index contributed by atoms with van der Waals surface area (Å²) in [5, 5.41) is 0.801. The lowest BCUT2D eigenvalue weighted by Crippen LogP contribution is -1.95. The maximum atomic E-state index is 5.88. The third-order valence-corrected chi connectivity index (χ3v) is 3.90. The van der Waals surface area contributed by atoms with Crippen molar-refractivity contribution in [3.05, 3.63) is 52.1 Å². The van der Waals surface area contributed by atoms with Gasteiger partial charge in [-0.1, -0.05) is 51.8 Å². The molecule has 0 aliphatic heterocycles. The molecule has 0 aliphatic carbocycles. The van der Waals surface area contributed by atoms with Gasteiger partial charge in [0.05, 0.1) is 0 Å². The number of alkyl halides is 1. The maximum absolute atomic E-state index is 5.88. The average molecular weight is 385 g/mol. The minimum absolute atomic E-state index is 0.398. The number of aromatic nitrogens is 1. The second-order valence-corrected chi connectivity index (χ2v) is 6.05. The molecule has 0 spiro atoms. The van der Waals surface area contributed by atoms with Crippen LogP contribution in [0.3, 0.4) is 0 Å². The Kier molecular flexibility index (Phi) is 4.99. The van der Waals surface area contributed by atoms with E-state index in [-0.39, 0.29) is 0 Å². The van der Waals surface area contributed by atoms with E-state index in [0.29, 0.717) is 11.8 Å². The molecule has 100 valence electrons. The normalized spacial score (nSPS) is 10.8. The number of benzene rings is 1. The van der Waals surface area contributed by atoms with Gasteiger partial charge in [-0.2, -0.15) is 0 Å². The van der Waals surface area contributed by atoms with E-state index < -0.39 is 0 Å². The van der Waals surface area contributed by atoms with Crippen molar-refractivity contribution in [2.75, 3.05) is 0 Å². The first kappa shape index (κ1) is 14.5. The van der Waals surface area contributed by atoms with Crippen LogP contribution in [0.4, 0.5) is 0 Å². The van der Waals surface area contributed by atoms with Crippen LogP contribution in [-0.4, -0.2) is 4.98 Å². The topological polar surface area (TPSA) is 22.1 Å². The van der Waals surface area contributed by atoms with E-state index in [1.165, 1.54) is 5.56 Å². The zero-order valence-corrected chi connectivity index (χ0v) is 14.0. The molecular weight excluding hydrogens is 370 g/mol. The summed E-state index contributed by atoms with van der Waals surface area (Å²) in [7, 11) is 0. The van der Waals surface area contributed by atoms with Crippen LogP contribution >= 0.6 is 31.9 Å². The Morgan fingerprint density at radius 2 is 2.00 bits per heavy atom. The van der Waals surface area contributed by atoms with Crippen molar-refractivity contribution in [1.82, 2.24) is 4.98 Å². The van der Waals surface area contributed by atoms with Gasteiger partial charge in [-0.3, -0.25) is 0 Å². The van der Waals surface area contributed by atoms with Crippen LogP contribution in [-0.2, 0) is 5.33 Å². The molecule has 19 heavy (non-hydrogen) atoms. The molecule has 2 nitrogen and oxygen atoms in total. The van der Waals surface area contributed by atoms with Crippen LogP contribution < -0.4 is 4.74 Å². The van der Waals surface area contributed by atoms with Crippen LogP contribution in [0, 0.1) is 0 Å². The molecule has 0 saturated heterocycles. The van der Waals surface area contributed by atoms with Gasteiger partial charge in [0.1, 0.15) is 5.75 Å². The molecule has 0 unspecified atom stereocenters. The van der Waals surface area contributed by atoms with E-state index >= 15 is 0 Å². The predicted molar refractivity (Wildman–Crippen MR) is 85.2 cm³/mol. The molecule has 0 saturated carbocycles. The molecule has 0 N–H and O–H groups in total. The second kappa shape index (κ2) is 6.53. The zero-order valence-electron chi connectivity index (χ0n) is 10.9. The molecule has 0 atom stereocenters. The minimum Gasteiger partial charge on any atom is -0.439 e. The van der Waals surface area contributed by atoms with E-state index in [4.69, 9.17) is 4.74 Å². The van der Waals surface area contributed by atoms with Gasteiger partial charge in [0.2, 0.25) is 5.88 Å². The zero-order chi connectivity index (χ0) is 13.8. The highest BCUT2D eigenvalue weighted by Gasteiger charge is 2.10. The van der Waals surface area contributed by atoms with E-state index in [2.05, 4.69) is 56.8 Å². The Hall–Kier alpha value is -0.870. The van der Waals surface area contributed by atoms with Gasteiger partial charge in [-0.05, 0) is 35.2 Å². The van der Waals surface area contributed by atoms with Crippen molar-refractivity contribution in [2.24, 2.45) is 0 Å². The summed E-state index contributed by atoms with van der Waals surface area (Å²) in [6, 6.07) is 9.94. The molecule has 1 aromatic carbocycles. The Morgan fingerprint density at radius 1 is 1.21 bits per heavy atom. The van der Waals surface area contributed by atoms with E-state index in [9.17, 15) is 0 Å². The van der Waals surface area contributed by atoms with Crippen LogP contribution in [0.5, 0.6) is 11.6 Å². The lowest BCUT2D eigenvalue weighted by atomic mass is 10.0. The molecule has 2 rings (SSSR count). The SMILES string of the molecule is CC(C)c1cc(Br)ccc1Oc1ccc(CBr)cn1. The van der Waals surface area contributed by atoms with E-state index in [0.717, 1.165) is 21.1 Å². The summed E-state index contributed by atoms with van der Waals surface area (Å²) >= 11 is 6.89. The van der Waals surface area contributed by atoms with E-state index in [1.54, 1.807) is 0 Å². The largest absolute Gasteiger partial charge is 0.439 e. The molecule has 0 amide bonds. The lowest BCUT2D eigenvalue weighted by molar-refractivity contribution is 0.454. The van der Waals surface area contributed by atoms with Gasteiger partial charge in [0.25, 0.3) is 0 Å². The fraction of sp³-hybridized carbons (Fsp3) is 0.267. The smallest absolute Gasteiger partial charge is 0.219 e. The van der Waals surface area contributed by atoms with Crippen molar-refractivity contribution >= 4 is 31.9 Å². The van der Waals surface area contributed by atoms with Crippen LogP contribution in [0.2, 0.25) is 0 Å². The van der Waals surface area contributed by atoms with Gasteiger partial charge >= 0.3 is 0 Å². The molecule has 0 fully saturated rings. The Labute approximate surface area is 130 Å². The van der Waals surface area contributed by atoms with Crippen molar-refractivity contribution in [3.63, 3.8) is 0 Å². The number of hydrogen-bond acceptors (Lipinski definition) is 2. The summed E-state index contributed by atoms with van der Waals surface area (Å²) in [6.45, 7) is 4.30. The standard InChI is InChI=1S/C15H15Br2NO/c1-10(2)13-7-12(17)4-5-14(13)19-15-6-3-11(8-16)9-18-15/h3-7,9-10H,8H2,1-2H3. The number of hydrogen-bond donors (Lipinski definition) is 0. The Bertz CT molecular complexity index is 553. The molecule has 2 aromatic rings. The van der Waals surface area contributed by atoms with E-state index in [1.807, 2.05) is 30.5 Å². The van der Waals surface area contributed by atoms with Gasteiger partial charge < -0.3 is 4.74 Å². The molecule has 0 aliphatic rings. The van der Waals surface area contributed by atoms with Crippen LogP contribution in [0.25, 0.3) is 0 Å². The third-order valence-electron chi connectivity index (χ3n) is 2.76. The Morgan fingerprint density at radius 3 is 2.58 bits per heavy atom. The summed E-state index contributed by atoms with van der Waals surface area (Å²) in [4.78, 5) is 4.30. The molecule has 0 bridgehead atoms.